The maximum absolute atomic E-state index is 12.4. The third-order valence-electron chi connectivity index (χ3n) is 4.24. The molecule has 0 aromatic rings. The van der Waals surface area contributed by atoms with E-state index in [-0.39, 0.29) is 30.3 Å². The topological polar surface area (TPSA) is 84.7 Å². The molecule has 3 N–H and O–H groups in total. The van der Waals surface area contributed by atoms with Crippen molar-refractivity contribution in [2.24, 2.45) is 17.6 Å². The zero-order valence-electron chi connectivity index (χ0n) is 13.4. The summed E-state index contributed by atoms with van der Waals surface area (Å²) in [4.78, 5) is 25.6. The van der Waals surface area contributed by atoms with E-state index < -0.39 is 0 Å². The molecule has 21 heavy (non-hydrogen) atoms. The molecule has 1 aliphatic rings. The molecule has 0 spiro atoms. The largest absolute Gasteiger partial charge is 0.383 e. The van der Waals surface area contributed by atoms with Crippen LogP contribution in [0.3, 0.4) is 0 Å². The summed E-state index contributed by atoms with van der Waals surface area (Å²) in [6.07, 6.45) is 4.09. The number of nitrogens with one attached hydrogen (secondary N) is 1. The molecule has 1 aliphatic carbocycles. The third kappa shape index (κ3) is 6.01. The van der Waals surface area contributed by atoms with E-state index >= 15 is 0 Å². The van der Waals surface area contributed by atoms with Crippen molar-refractivity contribution in [3.05, 3.63) is 0 Å². The van der Waals surface area contributed by atoms with Gasteiger partial charge in [-0.2, -0.15) is 0 Å². The van der Waals surface area contributed by atoms with Crippen LogP contribution in [0.1, 0.15) is 32.6 Å². The number of hydrogen-bond acceptors (Lipinski definition) is 4. The van der Waals surface area contributed by atoms with Crippen LogP contribution in [0.25, 0.3) is 0 Å². The van der Waals surface area contributed by atoms with Crippen molar-refractivity contribution in [3.63, 3.8) is 0 Å². The molecule has 0 saturated heterocycles. The van der Waals surface area contributed by atoms with Crippen LogP contribution in [0, 0.1) is 11.8 Å². The Hall–Kier alpha value is -1.14. The molecule has 0 aliphatic heterocycles. The molecular formula is C15H29N3O3. The molecule has 3 unspecified atom stereocenters. The predicted octanol–water partition coefficient (Wildman–Crippen LogP) is 0.361. The minimum Gasteiger partial charge on any atom is -0.383 e. The number of rotatable bonds is 7. The number of hydrogen-bond donors (Lipinski definition) is 2. The zero-order chi connectivity index (χ0) is 15.8. The fraction of sp³-hybridized carbons (Fsp3) is 0.867. The first-order valence-electron chi connectivity index (χ1n) is 7.72. The Bertz CT molecular complexity index is 349. The molecule has 1 rings (SSSR count). The highest BCUT2D eigenvalue weighted by atomic mass is 16.5. The highest BCUT2D eigenvalue weighted by Crippen LogP contribution is 2.30. The van der Waals surface area contributed by atoms with Gasteiger partial charge in [-0.05, 0) is 25.2 Å². The number of ether oxygens (including phenoxy) is 1. The minimum absolute atomic E-state index is 0.0241. The maximum Gasteiger partial charge on any atom is 0.239 e. The molecule has 0 aromatic carbocycles. The molecule has 0 aromatic heterocycles. The lowest BCUT2D eigenvalue weighted by Gasteiger charge is -2.32. The Morgan fingerprint density at radius 3 is 2.76 bits per heavy atom. The Kier molecular flexibility index (Phi) is 7.67. The van der Waals surface area contributed by atoms with Gasteiger partial charge in [-0.15, -0.1) is 0 Å². The van der Waals surface area contributed by atoms with Gasteiger partial charge in [-0.3, -0.25) is 9.59 Å². The van der Waals surface area contributed by atoms with Gasteiger partial charge in [0.15, 0.2) is 0 Å². The van der Waals surface area contributed by atoms with Gasteiger partial charge in [0.1, 0.15) is 0 Å². The highest BCUT2D eigenvalue weighted by Gasteiger charge is 2.30. The van der Waals surface area contributed by atoms with Gasteiger partial charge < -0.3 is 20.7 Å². The summed E-state index contributed by atoms with van der Waals surface area (Å²) in [6.45, 7) is 2.97. The van der Waals surface area contributed by atoms with Gasteiger partial charge >= 0.3 is 0 Å². The van der Waals surface area contributed by atoms with Crippen molar-refractivity contribution in [2.45, 2.75) is 38.6 Å². The van der Waals surface area contributed by atoms with Crippen LogP contribution in [-0.2, 0) is 14.3 Å². The van der Waals surface area contributed by atoms with E-state index in [2.05, 4.69) is 5.32 Å². The second kappa shape index (κ2) is 9.00. The van der Waals surface area contributed by atoms with E-state index in [0.29, 0.717) is 19.1 Å². The molecule has 2 amide bonds. The number of amides is 2. The first-order valence-corrected chi connectivity index (χ1v) is 7.72. The number of likely N-dealkylation sites (N-methyl/N-ethyl adjacent to an activating group) is 1. The van der Waals surface area contributed by atoms with Crippen LogP contribution in [0.5, 0.6) is 0 Å². The van der Waals surface area contributed by atoms with Gasteiger partial charge in [0, 0.05) is 32.7 Å². The van der Waals surface area contributed by atoms with Gasteiger partial charge in [0.05, 0.1) is 13.2 Å². The lowest BCUT2D eigenvalue weighted by molar-refractivity contribution is -0.139. The summed E-state index contributed by atoms with van der Waals surface area (Å²) in [6, 6.07) is 0.210. The van der Waals surface area contributed by atoms with Crippen molar-refractivity contribution >= 4 is 11.8 Å². The summed E-state index contributed by atoms with van der Waals surface area (Å²) in [5, 5.41) is 2.72. The van der Waals surface area contributed by atoms with Crippen LogP contribution in [0.2, 0.25) is 0 Å². The molecule has 0 bridgehead atoms. The molecule has 3 atom stereocenters. The minimum atomic E-state index is -0.157. The lowest BCUT2D eigenvalue weighted by Crippen LogP contribution is -2.43. The summed E-state index contributed by atoms with van der Waals surface area (Å²) < 4.78 is 4.87. The quantitative estimate of drug-likeness (QED) is 0.665. The van der Waals surface area contributed by atoms with E-state index in [1.807, 2.05) is 6.92 Å². The Labute approximate surface area is 127 Å². The molecule has 0 radical (unpaired) electrons. The fourth-order valence-electron chi connectivity index (χ4n) is 2.91. The molecule has 1 saturated carbocycles. The van der Waals surface area contributed by atoms with E-state index in [9.17, 15) is 9.59 Å². The van der Waals surface area contributed by atoms with Crippen molar-refractivity contribution in [1.29, 1.82) is 0 Å². The van der Waals surface area contributed by atoms with Crippen LogP contribution in [0.4, 0.5) is 0 Å². The second-order valence-corrected chi connectivity index (χ2v) is 6.01. The Morgan fingerprint density at radius 2 is 2.14 bits per heavy atom. The molecule has 6 nitrogen and oxygen atoms in total. The highest BCUT2D eigenvalue weighted by molar-refractivity contribution is 5.85. The fourth-order valence-corrected chi connectivity index (χ4v) is 2.91. The van der Waals surface area contributed by atoms with Gasteiger partial charge in [0.25, 0.3) is 0 Å². The first-order chi connectivity index (χ1) is 9.95. The monoisotopic (exact) mass is 299 g/mol. The predicted molar refractivity (Wildman–Crippen MR) is 81.6 cm³/mol. The standard InChI is InChI=1S/C15H29N3O3/c1-11(12-5-4-6-13(16)9-12)15(20)18(2)10-14(19)17-7-8-21-3/h11-13H,4-10,16H2,1-3H3,(H,17,19). The maximum atomic E-state index is 12.4. The Morgan fingerprint density at radius 1 is 1.43 bits per heavy atom. The van der Waals surface area contributed by atoms with E-state index in [1.54, 1.807) is 14.2 Å². The van der Waals surface area contributed by atoms with Gasteiger partial charge in [-0.1, -0.05) is 13.3 Å². The number of methoxy groups -OCH3 is 1. The third-order valence-corrected chi connectivity index (χ3v) is 4.24. The molecular weight excluding hydrogens is 270 g/mol. The van der Waals surface area contributed by atoms with E-state index in [4.69, 9.17) is 10.5 Å². The summed E-state index contributed by atoms with van der Waals surface area (Å²) in [7, 11) is 3.26. The average molecular weight is 299 g/mol. The van der Waals surface area contributed by atoms with Crippen LogP contribution >= 0.6 is 0 Å². The van der Waals surface area contributed by atoms with Crippen molar-refractivity contribution in [1.82, 2.24) is 10.2 Å². The van der Waals surface area contributed by atoms with Crippen molar-refractivity contribution < 1.29 is 14.3 Å². The van der Waals surface area contributed by atoms with Crippen molar-refractivity contribution in [3.8, 4) is 0 Å². The molecule has 1 fully saturated rings. The summed E-state index contributed by atoms with van der Waals surface area (Å²) in [5.41, 5.74) is 5.99. The molecule has 0 heterocycles. The molecule has 6 heteroatoms. The van der Waals surface area contributed by atoms with Crippen LogP contribution < -0.4 is 11.1 Å². The summed E-state index contributed by atoms with van der Waals surface area (Å²) >= 11 is 0. The van der Waals surface area contributed by atoms with Crippen molar-refractivity contribution in [2.75, 3.05) is 33.9 Å². The smallest absolute Gasteiger partial charge is 0.239 e. The Balaban J connectivity index is 2.40. The first kappa shape index (κ1) is 17.9. The molecule has 122 valence electrons. The number of nitrogens with two attached hydrogens (primary N) is 1. The van der Waals surface area contributed by atoms with Crippen LogP contribution in [-0.4, -0.2) is 56.6 Å². The number of nitrogens with zero attached hydrogens (tertiary/aromatic N) is 1. The van der Waals surface area contributed by atoms with E-state index in [0.717, 1.165) is 25.7 Å². The van der Waals surface area contributed by atoms with E-state index in [1.165, 1.54) is 4.90 Å². The normalized spacial score (nSPS) is 23.4. The number of carbonyl (C=O) groups is 2. The SMILES string of the molecule is COCCNC(=O)CN(C)C(=O)C(C)C1CCCC(N)C1. The van der Waals surface area contributed by atoms with Gasteiger partial charge in [-0.25, -0.2) is 0 Å². The average Bonchev–Trinajstić information content (AvgIpc) is 2.45. The van der Waals surface area contributed by atoms with Gasteiger partial charge in [0.2, 0.25) is 11.8 Å². The number of carbonyl (C=O) groups excluding carboxylic acids is 2. The van der Waals surface area contributed by atoms with Crippen LogP contribution in [0.15, 0.2) is 0 Å². The zero-order valence-corrected chi connectivity index (χ0v) is 13.4. The summed E-state index contributed by atoms with van der Waals surface area (Å²) in [5.74, 6) is 0.125. The second-order valence-electron chi connectivity index (χ2n) is 6.01. The lowest BCUT2D eigenvalue weighted by atomic mass is 9.78.